The Morgan fingerprint density at radius 2 is 1.86 bits per heavy atom. The maximum absolute atomic E-state index is 12.8. The van der Waals surface area contributed by atoms with Crippen LogP contribution in [0.2, 0.25) is 0 Å². The minimum Gasteiger partial charge on any atom is -0.342 e. The molecule has 1 heterocycles. The van der Waals surface area contributed by atoms with E-state index in [2.05, 4.69) is 30.6 Å². The average molecular weight is 295 g/mol. The number of carbonyl (C=O) groups is 1. The van der Waals surface area contributed by atoms with Gasteiger partial charge in [0.05, 0.1) is 5.41 Å². The van der Waals surface area contributed by atoms with E-state index < -0.39 is 0 Å². The first-order valence-electron chi connectivity index (χ1n) is 8.78. The van der Waals surface area contributed by atoms with E-state index in [1.54, 1.807) is 0 Å². The summed E-state index contributed by atoms with van der Waals surface area (Å²) in [5, 5.41) is 0. The van der Waals surface area contributed by atoms with Crippen molar-refractivity contribution in [1.82, 2.24) is 9.80 Å². The molecule has 0 spiro atoms. The van der Waals surface area contributed by atoms with Gasteiger partial charge in [0.1, 0.15) is 0 Å². The summed E-state index contributed by atoms with van der Waals surface area (Å²) in [6.45, 7) is 11.8. The molecule has 21 heavy (non-hydrogen) atoms. The van der Waals surface area contributed by atoms with E-state index in [9.17, 15) is 4.79 Å². The highest BCUT2D eigenvalue weighted by Gasteiger charge is 2.45. The monoisotopic (exact) mass is 295 g/mol. The first-order chi connectivity index (χ1) is 10.0. The van der Waals surface area contributed by atoms with Crippen LogP contribution in [0.3, 0.4) is 0 Å². The minimum atomic E-state index is -0.300. The van der Waals surface area contributed by atoms with Crippen molar-refractivity contribution in [2.45, 2.75) is 58.9 Å². The second kappa shape index (κ2) is 7.10. The average Bonchev–Trinajstić information content (AvgIpc) is 2.85. The minimum absolute atomic E-state index is 0.0541. The van der Waals surface area contributed by atoms with Gasteiger partial charge >= 0.3 is 0 Å². The normalized spacial score (nSPS) is 31.1. The number of hydrogen-bond acceptors (Lipinski definition) is 3. The lowest BCUT2D eigenvalue weighted by Gasteiger charge is -2.39. The molecule has 4 nitrogen and oxygen atoms in total. The topological polar surface area (TPSA) is 49.6 Å². The van der Waals surface area contributed by atoms with Crippen LogP contribution in [-0.4, -0.2) is 54.5 Å². The number of nitrogens with zero attached hydrogens (tertiary/aromatic N) is 2. The molecule has 0 bridgehead atoms. The van der Waals surface area contributed by atoms with E-state index >= 15 is 0 Å². The Balaban J connectivity index is 1.85. The predicted molar refractivity (Wildman–Crippen MR) is 87.0 cm³/mol. The molecule has 1 aliphatic heterocycles. The molecule has 2 aliphatic rings. The van der Waals surface area contributed by atoms with Crippen LogP contribution in [0.15, 0.2) is 0 Å². The van der Waals surface area contributed by atoms with Gasteiger partial charge in [-0.25, -0.2) is 0 Å². The smallest absolute Gasteiger partial charge is 0.230 e. The van der Waals surface area contributed by atoms with Crippen LogP contribution in [0, 0.1) is 11.3 Å². The molecule has 0 aromatic carbocycles. The van der Waals surface area contributed by atoms with Crippen molar-refractivity contribution in [3.8, 4) is 0 Å². The number of hydrogen-bond donors (Lipinski definition) is 1. The van der Waals surface area contributed by atoms with E-state index in [-0.39, 0.29) is 11.5 Å². The Bertz CT molecular complexity index is 348. The number of likely N-dealkylation sites (tertiary alicyclic amines) is 1. The maximum atomic E-state index is 12.8. The molecule has 1 saturated heterocycles. The van der Waals surface area contributed by atoms with Crippen LogP contribution in [0.25, 0.3) is 0 Å². The van der Waals surface area contributed by atoms with Crippen molar-refractivity contribution in [2.24, 2.45) is 17.1 Å². The molecule has 4 heteroatoms. The Hall–Kier alpha value is -0.610. The first kappa shape index (κ1) is 16.8. The molecule has 2 N–H and O–H groups in total. The summed E-state index contributed by atoms with van der Waals surface area (Å²) in [4.78, 5) is 17.4. The van der Waals surface area contributed by atoms with Crippen LogP contribution >= 0.6 is 0 Å². The highest BCUT2D eigenvalue weighted by Crippen LogP contribution is 2.39. The summed E-state index contributed by atoms with van der Waals surface area (Å²) in [7, 11) is 0. The third kappa shape index (κ3) is 3.59. The largest absolute Gasteiger partial charge is 0.342 e. The molecule has 1 aliphatic carbocycles. The van der Waals surface area contributed by atoms with Crippen molar-refractivity contribution in [2.75, 3.05) is 32.7 Å². The fourth-order valence-electron chi connectivity index (χ4n) is 3.99. The van der Waals surface area contributed by atoms with Gasteiger partial charge < -0.3 is 15.5 Å². The summed E-state index contributed by atoms with van der Waals surface area (Å²) >= 11 is 0. The molecule has 2 unspecified atom stereocenters. The number of amides is 1. The van der Waals surface area contributed by atoms with Crippen LogP contribution in [-0.2, 0) is 4.79 Å². The van der Waals surface area contributed by atoms with Gasteiger partial charge in [-0.1, -0.05) is 20.3 Å². The second-order valence-corrected chi connectivity index (χ2v) is 7.14. The molecule has 2 fully saturated rings. The molecule has 0 radical (unpaired) electrons. The van der Waals surface area contributed by atoms with Crippen molar-refractivity contribution in [3.63, 3.8) is 0 Å². The quantitative estimate of drug-likeness (QED) is 0.845. The van der Waals surface area contributed by atoms with Gasteiger partial charge in [-0.05, 0) is 51.6 Å². The van der Waals surface area contributed by atoms with Gasteiger partial charge in [0.2, 0.25) is 5.91 Å². The molecular weight excluding hydrogens is 262 g/mol. The van der Waals surface area contributed by atoms with E-state index in [4.69, 9.17) is 5.73 Å². The zero-order valence-corrected chi connectivity index (χ0v) is 14.1. The van der Waals surface area contributed by atoms with E-state index in [0.29, 0.717) is 5.91 Å². The summed E-state index contributed by atoms with van der Waals surface area (Å²) < 4.78 is 0. The molecular formula is C17H33N3O. The molecule has 1 saturated carbocycles. The summed E-state index contributed by atoms with van der Waals surface area (Å²) in [6.07, 6.45) is 5.36. The zero-order valence-electron chi connectivity index (χ0n) is 14.1. The van der Waals surface area contributed by atoms with Gasteiger partial charge in [-0.15, -0.1) is 0 Å². The maximum Gasteiger partial charge on any atom is 0.230 e. The fraction of sp³-hybridized carbons (Fsp3) is 0.941. The predicted octanol–water partition coefficient (Wildman–Crippen LogP) is 2.08. The third-order valence-corrected chi connectivity index (χ3v) is 5.83. The zero-order chi connectivity index (χ0) is 15.5. The SMILES string of the molecule is CCN(CC)CC1CCN(C(=O)C2(C)CCCC2N)CC1. The van der Waals surface area contributed by atoms with E-state index in [1.165, 1.54) is 6.54 Å². The van der Waals surface area contributed by atoms with Crippen LogP contribution in [0.1, 0.15) is 52.9 Å². The van der Waals surface area contributed by atoms with Gasteiger partial charge in [0, 0.05) is 25.7 Å². The van der Waals surface area contributed by atoms with Crippen molar-refractivity contribution in [3.05, 3.63) is 0 Å². The Morgan fingerprint density at radius 1 is 1.24 bits per heavy atom. The Kier molecular flexibility index (Phi) is 5.67. The number of carbonyl (C=O) groups excluding carboxylic acids is 1. The summed E-state index contributed by atoms with van der Waals surface area (Å²) in [5.41, 5.74) is 5.90. The van der Waals surface area contributed by atoms with Crippen LogP contribution < -0.4 is 5.73 Å². The van der Waals surface area contributed by atoms with Gasteiger partial charge in [0.15, 0.2) is 0 Å². The van der Waals surface area contributed by atoms with Gasteiger partial charge in [0.25, 0.3) is 0 Å². The first-order valence-corrected chi connectivity index (χ1v) is 8.78. The fourth-order valence-corrected chi connectivity index (χ4v) is 3.99. The number of nitrogens with two attached hydrogens (primary N) is 1. The molecule has 122 valence electrons. The van der Waals surface area contributed by atoms with Crippen molar-refractivity contribution >= 4 is 5.91 Å². The molecule has 0 aromatic heterocycles. The molecule has 2 rings (SSSR count). The van der Waals surface area contributed by atoms with Crippen molar-refractivity contribution in [1.29, 1.82) is 0 Å². The Labute approximate surface area is 130 Å². The highest BCUT2D eigenvalue weighted by molar-refractivity contribution is 5.83. The van der Waals surface area contributed by atoms with Gasteiger partial charge in [-0.2, -0.15) is 0 Å². The Morgan fingerprint density at radius 3 is 2.33 bits per heavy atom. The van der Waals surface area contributed by atoms with E-state index in [0.717, 1.165) is 64.2 Å². The van der Waals surface area contributed by atoms with Gasteiger partial charge in [-0.3, -0.25) is 4.79 Å². The van der Waals surface area contributed by atoms with Crippen LogP contribution in [0.5, 0.6) is 0 Å². The number of piperidine rings is 1. The lowest BCUT2D eigenvalue weighted by Crippen LogP contribution is -2.51. The second-order valence-electron chi connectivity index (χ2n) is 7.14. The highest BCUT2D eigenvalue weighted by atomic mass is 16.2. The summed E-state index contributed by atoms with van der Waals surface area (Å²) in [6, 6.07) is 0.0541. The third-order valence-electron chi connectivity index (χ3n) is 5.83. The standard InChI is InChI=1S/C17H33N3O/c1-4-19(5-2)13-14-8-11-20(12-9-14)16(21)17(3)10-6-7-15(17)18/h14-15H,4-13,18H2,1-3H3. The molecule has 1 amide bonds. The van der Waals surface area contributed by atoms with Crippen molar-refractivity contribution < 1.29 is 4.79 Å². The lowest BCUT2D eigenvalue weighted by molar-refractivity contribution is -0.143. The molecule has 2 atom stereocenters. The van der Waals surface area contributed by atoms with Crippen LogP contribution in [0.4, 0.5) is 0 Å². The number of rotatable bonds is 5. The van der Waals surface area contributed by atoms with E-state index in [1.807, 2.05) is 0 Å². The lowest BCUT2D eigenvalue weighted by atomic mass is 9.82. The molecule has 0 aromatic rings. The summed E-state index contributed by atoms with van der Waals surface area (Å²) in [5.74, 6) is 1.06.